The molecule has 10 heteroatoms. The lowest BCUT2D eigenvalue weighted by Crippen LogP contribution is -2.42. The van der Waals surface area contributed by atoms with Crippen molar-refractivity contribution in [2.24, 2.45) is 11.5 Å². The standard InChI is InChI=1S/C24H24N6O3S/c25-11-17-19(14-8-9-14)18(12-26)23(34-20(21(27)31)15-5-2-1-3-6-15)29-22(17)30-10-4-7-16(13-30)33-24(28)32/h1-3,5-6,14,16,20H,4,7-10,13H2,(H2,27,31)(H2,28,32). The molecule has 174 valence electrons. The first kappa shape index (κ1) is 23.4. The van der Waals surface area contributed by atoms with E-state index in [0.29, 0.717) is 52.6 Å². The van der Waals surface area contributed by atoms with E-state index in [2.05, 4.69) is 12.1 Å². The molecule has 4 rings (SSSR count). The van der Waals surface area contributed by atoms with Crippen molar-refractivity contribution in [3.63, 3.8) is 0 Å². The van der Waals surface area contributed by atoms with E-state index in [9.17, 15) is 20.1 Å². The Morgan fingerprint density at radius 1 is 1.12 bits per heavy atom. The van der Waals surface area contributed by atoms with Gasteiger partial charge in [0.25, 0.3) is 0 Å². The third kappa shape index (κ3) is 4.92. The van der Waals surface area contributed by atoms with Gasteiger partial charge in [-0.1, -0.05) is 42.1 Å². The lowest BCUT2D eigenvalue weighted by Gasteiger charge is -2.34. The summed E-state index contributed by atoms with van der Waals surface area (Å²) >= 11 is 1.12. The number of piperidine rings is 1. The lowest BCUT2D eigenvalue weighted by molar-refractivity contribution is -0.117. The van der Waals surface area contributed by atoms with Crippen LogP contribution in [0.15, 0.2) is 35.4 Å². The van der Waals surface area contributed by atoms with Crippen LogP contribution in [0.25, 0.3) is 0 Å². The van der Waals surface area contributed by atoms with Crippen molar-refractivity contribution >= 4 is 29.6 Å². The van der Waals surface area contributed by atoms with E-state index in [1.165, 1.54) is 0 Å². The number of anilines is 1. The van der Waals surface area contributed by atoms with Crippen molar-refractivity contribution in [2.45, 2.75) is 48.0 Å². The number of ether oxygens (including phenoxy) is 1. The van der Waals surface area contributed by atoms with Crippen molar-refractivity contribution in [1.29, 1.82) is 10.5 Å². The van der Waals surface area contributed by atoms with Crippen LogP contribution in [-0.2, 0) is 9.53 Å². The average molecular weight is 477 g/mol. The van der Waals surface area contributed by atoms with Gasteiger partial charge in [0.1, 0.15) is 34.3 Å². The fourth-order valence-electron chi connectivity index (χ4n) is 4.30. The first-order valence-electron chi connectivity index (χ1n) is 11.0. The molecule has 0 radical (unpaired) electrons. The normalized spacial score (nSPS) is 18.4. The molecule has 2 fully saturated rings. The van der Waals surface area contributed by atoms with E-state index in [4.69, 9.17) is 21.2 Å². The van der Waals surface area contributed by atoms with Crippen molar-refractivity contribution in [3.8, 4) is 12.1 Å². The fraction of sp³-hybridized carbons (Fsp3) is 0.375. The molecule has 2 unspecified atom stereocenters. The second kappa shape index (κ2) is 10.0. The van der Waals surface area contributed by atoms with Crippen molar-refractivity contribution in [1.82, 2.24) is 4.98 Å². The van der Waals surface area contributed by atoms with Gasteiger partial charge in [0.05, 0.1) is 17.7 Å². The summed E-state index contributed by atoms with van der Waals surface area (Å²) in [6.07, 6.45) is 1.87. The molecule has 1 aromatic heterocycles. The Hall–Kier alpha value is -3.76. The van der Waals surface area contributed by atoms with Crippen LogP contribution in [0.3, 0.4) is 0 Å². The summed E-state index contributed by atoms with van der Waals surface area (Å²) in [6, 6.07) is 13.6. The minimum absolute atomic E-state index is 0.0941. The van der Waals surface area contributed by atoms with Gasteiger partial charge in [-0.05, 0) is 42.7 Å². The smallest absolute Gasteiger partial charge is 0.404 e. The number of hydrogen-bond acceptors (Lipinski definition) is 8. The number of carbonyl (C=O) groups is 2. The van der Waals surface area contributed by atoms with Crippen LogP contribution in [0, 0.1) is 22.7 Å². The van der Waals surface area contributed by atoms with Crippen LogP contribution in [0.4, 0.5) is 10.6 Å². The van der Waals surface area contributed by atoms with Crippen LogP contribution >= 0.6 is 11.8 Å². The van der Waals surface area contributed by atoms with E-state index in [1.54, 1.807) is 12.1 Å². The highest BCUT2D eigenvalue weighted by atomic mass is 32.2. The van der Waals surface area contributed by atoms with Crippen LogP contribution in [0.5, 0.6) is 0 Å². The number of nitrogens with zero attached hydrogens (tertiary/aromatic N) is 4. The molecule has 0 bridgehead atoms. The molecule has 1 aliphatic heterocycles. The van der Waals surface area contributed by atoms with Gasteiger partial charge in [-0.2, -0.15) is 10.5 Å². The van der Waals surface area contributed by atoms with Crippen molar-refractivity contribution < 1.29 is 14.3 Å². The van der Waals surface area contributed by atoms with Crippen molar-refractivity contribution in [3.05, 3.63) is 52.6 Å². The number of primary amides is 2. The van der Waals surface area contributed by atoms with Gasteiger partial charge >= 0.3 is 6.09 Å². The van der Waals surface area contributed by atoms with Crippen molar-refractivity contribution in [2.75, 3.05) is 18.0 Å². The maximum atomic E-state index is 12.4. The second-order valence-corrected chi connectivity index (χ2v) is 9.45. The SMILES string of the molecule is N#Cc1c(SC(C(N)=O)c2ccccc2)nc(N2CCCC(OC(N)=O)C2)c(C#N)c1C1CC1. The third-order valence-corrected chi connectivity index (χ3v) is 7.20. The van der Waals surface area contributed by atoms with E-state index < -0.39 is 23.4 Å². The van der Waals surface area contributed by atoms with E-state index in [1.807, 2.05) is 23.1 Å². The average Bonchev–Trinajstić information content (AvgIpc) is 3.67. The fourth-order valence-corrected chi connectivity index (χ4v) is 5.35. The molecule has 2 aromatic rings. The number of rotatable bonds is 7. The molecule has 0 spiro atoms. The molecule has 4 N–H and O–H groups in total. The Kier molecular flexibility index (Phi) is 6.90. The number of pyridine rings is 1. The summed E-state index contributed by atoms with van der Waals surface area (Å²) in [6.45, 7) is 0.945. The number of aromatic nitrogens is 1. The first-order valence-corrected chi connectivity index (χ1v) is 11.9. The zero-order valence-electron chi connectivity index (χ0n) is 18.4. The maximum absolute atomic E-state index is 12.4. The highest BCUT2D eigenvalue weighted by Gasteiger charge is 2.36. The molecule has 2 aliphatic rings. The summed E-state index contributed by atoms with van der Waals surface area (Å²) < 4.78 is 5.20. The number of nitriles is 2. The minimum atomic E-state index is -0.845. The molecular weight excluding hydrogens is 452 g/mol. The van der Waals surface area contributed by atoms with Crippen LogP contribution in [0.2, 0.25) is 0 Å². The Morgan fingerprint density at radius 3 is 2.41 bits per heavy atom. The van der Waals surface area contributed by atoms with Gasteiger partial charge in [0, 0.05) is 6.54 Å². The summed E-state index contributed by atoms with van der Waals surface area (Å²) in [7, 11) is 0. The first-order chi connectivity index (χ1) is 16.4. The van der Waals surface area contributed by atoms with E-state index in [0.717, 1.165) is 31.0 Å². The quantitative estimate of drug-likeness (QED) is 0.577. The summed E-state index contributed by atoms with van der Waals surface area (Å²) in [5.74, 6) is -0.0229. The zero-order valence-corrected chi connectivity index (χ0v) is 19.3. The van der Waals surface area contributed by atoms with Crippen LogP contribution in [0.1, 0.15) is 59.1 Å². The molecule has 1 aliphatic carbocycles. The summed E-state index contributed by atoms with van der Waals surface area (Å²) in [5, 5.41) is 19.7. The largest absolute Gasteiger partial charge is 0.445 e. The molecule has 1 saturated heterocycles. The molecular formula is C24H24N6O3S. The van der Waals surface area contributed by atoms with E-state index in [-0.39, 0.29) is 5.92 Å². The summed E-state index contributed by atoms with van der Waals surface area (Å²) in [4.78, 5) is 30.3. The molecule has 2 heterocycles. The molecule has 1 saturated carbocycles. The van der Waals surface area contributed by atoms with Gasteiger partial charge in [-0.25, -0.2) is 9.78 Å². The van der Waals surface area contributed by atoms with Gasteiger partial charge < -0.3 is 21.1 Å². The van der Waals surface area contributed by atoms with Gasteiger partial charge in [0.2, 0.25) is 5.91 Å². The molecule has 9 nitrogen and oxygen atoms in total. The molecule has 34 heavy (non-hydrogen) atoms. The third-order valence-electron chi connectivity index (χ3n) is 5.94. The van der Waals surface area contributed by atoms with Gasteiger partial charge in [-0.3, -0.25) is 4.79 Å². The number of carbonyl (C=O) groups excluding carboxylic acids is 2. The summed E-state index contributed by atoms with van der Waals surface area (Å²) in [5.41, 5.74) is 13.0. The number of nitrogens with two attached hydrogens (primary N) is 2. The Morgan fingerprint density at radius 2 is 1.82 bits per heavy atom. The van der Waals surface area contributed by atoms with Gasteiger partial charge in [0.15, 0.2) is 0 Å². The van der Waals surface area contributed by atoms with Crippen LogP contribution < -0.4 is 16.4 Å². The number of benzene rings is 1. The minimum Gasteiger partial charge on any atom is -0.445 e. The second-order valence-electron chi connectivity index (χ2n) is 8.36. The monoisotopic (exact) mass is 476 g/mol. The maximum Gasteiger partial charge on any atom is 0.404 e. The van der Waals surface area contributed by atoms with E-state index >= 15 is 0 Å². The Bertz CT molecular complexity index is 1190. The predicted molar refractivity (Wildman–Crippen MR) is 126 cm³/mol. The lowest BCUT2D eigenvalue weighted by atomic mass is 9.98. The molecule has 2 atom stereocenters. The highest BCUT2D eigenvalue weighted by molar-refractivity contribution is 8.00. The van der Waals surface area contributed by atoms with Crippen LogP contribution in [-0.4, -0.2) is 36.2 Å². The molecule has 1 aromatic carbocycles. The Labute approximate surface area is 201 Å². The number of amides is 2. The van der Waals surface area contributed by atoms with Gasteiger partial charge in [-0.15, -0.1) is 0 Å². The predicted octanol–water partition coefficient (Wildman–Crippen LogP) is 3.09. The number of hydrogen-bond donors (Lipinski definition) is 2. The topological polar surface area (TPSA) is 159 Å². The highest BCUT2D eigenvalue weighted by Crippen LogP contribution is 2.48. The number of thioether (sulfide) groups is 1. The zero-order chi connectivity index (χ0) is 24.2. The molecule has 2 amide bonds. The Balaban J connectivity index is 1.80.